The Hall–Kier alpha value is -3.33. The standard InChI is InChI=1S/C29H33N3O5/c1-35-22-4-2-3-21(15-22)20-8-5-19(6-9-20)7-11-26-24(32-29(34)25-17-30-13-14-31-25)16-28-27(37-26)12-10-23(18-33)36-28/h2-6,8-9,13-15,17,23-24,26-28,33H,7,10-12,16,18H2,1H3,(H,32,34)/t23-,24-,26+,27-,28-/m0/s1. The van der Waals surface area contributed by atoms with Crippen LogP contribution < -0.4 is 10.1 Å². The molecule has 0 aliphatic carbocycles. The molecule has 0 radical (unpaired) electrons. The molecule has 8 heteroatoms. The predicted molar refractivity (Wildman–Crippen MR) is 138 cm³/mol. The molecule has 0 saturated carbocycles. The van der Waals surface area contributed by atoms with Gasteiger partial charge in [-0.05, 0) is 60.9 Å². The SMILES string of the molecule is COc1cccc(-c2ccc(CC[C@H]3O[C@H]4CC[C@@H](CO)O[C@H]4C[C@@H]3NC(=O)c3cnccn3)cc2)c1. The number of ether oxygens (including phenoxy) is 3. The van der Waals surface area contributed by atoms with Gasteiger partial charge < -0.3 is 24.6 Å². The predicted octanol–water partition coefficient (Wildman–Crippen LogP) is 3.58. The number of hydrogen-bond acceptors (Lipinski definition) is 7. The van der Waals surface area contributed by atoms with Gasteiger partial charge in [-0.15, -0.1) is 0 Å². The molecule has 2 aliphatic rings. The van der Waals surface area contributed by atoms with E-state index in [0.717, 1.165) is 42.6 Å². The number of aryl methyl sites for hydroxylation is 1. The molecule has 8 nitrogen and oxygen atoms in total. The Morgan fingerprint density at radius 2 is 1.95 bits per heavy atom. The Kier molecular flexibility index (Phi) is 8.08. The number of benzene rings is 2. The molecule has 194 valence electrons. The van der Waals surface area contributed by atoms with Crippen LogP contribution in [-0.2, 0) is 15.9 Å². The minimum absolute atomic E-state index is 0.00492. The van der Waals surface area contributed by atoms with E-state index in [4.69, 9.17) is 14.2 Å². The highest BCUT2D eigenvalue weighted by Crippen LogP contribution is 2.33. The van der Waals surface area contributed by atoms with Crippen molar-refractivity contribution in [2.45, 2.75) is 62.6 Å². The molecule has 1 aromatic heterocycles. The number of aliphatic hydroxyl groups excluding tert-OH is 1. The third kappa shape index (κ3) is 6.15. The quantitative estimate of drug-likeness (QED) is 0.484. The van der Waals surface area contributed by atoms with Crippen molar-refractivity contribution >= 4 is 5.91 Å². The Bertz CT molecular complexity index is 1170. The van der Waals surface area contributed by atoms with Crippen LogP contribution in [0.1, 0.15) is 41.7 Å². The molecule has 3 heterocycles. The molecule has 3 aromatic rings. The minimum atomic E-state index is -0.276. The molecule has 0 unspecified atom stereocenters. The molecule has 0 bridgehead atoms. The van der Waals surface area contributed by atoms with Gasteiger partial charge in [-0.3, -0.25) is 9.78 Å². The highest BCUT2D eigenvalue weighted by atomic mass is 16.6. The fourth-order valence-electron chi connectivity index (χ4n) is 5.21. The van der Waals surface area contributed by atoms with Crippen molar-refractivity contribution < 1.29 is 24.1 Å². The van der Waals surface area contributed by atoms with Crippen LogP contribution in [0.4, 0.5) is 0 Å². The van der Waals surface area contributed by atoms with Gasteiger partial charge in [0.15, 0.2) is 0 Å². The summed E-state index contributed by atoms with van der Waals surface area (Å²) >= 11 is 0. The molecule has 5 atom stereocenters. The summed E-state index contributed by atoms with van der Waals surface area (Å²) in [5.74, 6) is 0.559. The van der Waals surface area contributed by atoms with Crippen molar-refractivity contribution in [1.29, 1.82) is 0 Å². The molecule has 37 heavy (non-hydrogen) atoms. The van der Waals surface area contributed by atoms with Crippen LogP contribution in [0.2, 0.25) is 0 Å². The number of nitrogens with one attached hydrogen (secondary N) is 1. The maximum Gasteiger partial charge on any atom is 0.271 e. The van der Waals surface area contributed by atoms with Crippen LogP contribution in [0.15, 0.2) is 67.1 Å². The maximum absolute atomic E-state index is 12.9. The topological polar surface area (TPSA) is 103 Å². The normalized spacial score (nSPS) is 25.2. The minimum Gasteiger partial charge on any atom is -0.497 e. The molecule has 2 fully saturated rings. The van der Waals surface area contributed by atoms with Gasteiger partial charge in [-0.25, -0.2) is 4.98 Å². The van der Waals surface area contributed by atoms with E-state index in [1.807, 2.05) is 18.2 Å². The number of rotatable bonds is 8. The van der Waals surface area contributed by atoms with E-state index in [2.05, 4.69) is 45.6 Å². The number of nitrogens with zero attached hydrogens (tertiary/aromatic N) is 2. The number of aliphatic hydroxyl groups is 1. The Labute approximate surface area is 217 Å². The lowest BCUT2D eigenvalue weighted by Crippen LogP contribution is -2.57. The molecule has 2 aliphatic heterocycles. The third-order valence-electron chi connectivity index (χ3n) is 7.23. The summed E-state index contributed by atoms with van der Waals surface area (Å²) < 4.78 is 17.9. The summed E-state index contributed by atoms with van der Waals surface area (Å²) in [6.45, 7) is -0.00492. The second-order valence-corrected chi connectivity index (χ2v) is 9.64. The van der Waals surface area contributed by atoms with Crippen LogP contribution in [0.25, 0.3) is 11.1 Å². The van der Waals surface area contributed by atoms with Crippen LogP contribution in [0, 0.1) is 0 Å². The average Bonchev–Trinajstić information content (AvgIpc) is 2.96. The van der Waals surface area contributed by atoms with E-state index < -0.39 is 0 Å². The molecule has 2 aromatic carbocycles. The molecule has 1 amide bonds. The van der Waals surface area contributed by atoms with Crippen molar-refractivity contribution in [3.8, 4) is 16.9 Å². The first kappa shape index (κ1) is 25.3. The Morgan fingerprint density at radius 3 is 2.70 bits per heavy atom. The van der Waals surface area contributed by atoms with Gasteiger partial charge in [-0.2, -0.15) is 0 Å². The van der Waals surface area contributed by atoms with Crippen LogP contribution in [0.5, 0.6) is 5.75 Å². The Balaban J connectivity index is 1.26. The van der Waals surface area contributed by atoms with Gasteiger partial charge in [0.1, 0.15) is 11.4 Å². The first-order valence-corrected chi connectivity index (χ1v) is 12.8. The first-order valence-electron chi connectivity index (χ1n) is 12.8. The zero-order valence-corrected chi connectivity index (χ0v) is 21.0. The van der Waals surface area contributed by atoms with Crippen molar-refractivity contribution in [2.24, 2.45) is 0 Å². The highest BCUT2D eigenvalue weighted by molar-refractivity contribution is 5.92. The van der Waals surface area contributed by atoms with Crippen molar-refractivity contribution in [3.05, 3.63) is 78.4 Å². The number of fused-ring (bicyclic) bond motifs is 1. The van der Waals surface area contributed by atoms with Gasteiger partial charge in [0.25, 0.3) is 5.91 Å². The lowest BCUT2D eigenvalue weighted by molar-refractivity contribution is -0.201. The smallest absolute Gasteiger partial charge is 0.271 e. The fraction of sp³-hybridized carbons (Fsp3) is 0.414. The highest BCUT2D eigenvalue weighted by Gasteiger charge is 2.42. The van der Waals surface area contributed by atoms with Gasteiger partial charge >= 0.3 is 0 Å². The summed E-state index contributed by atoms with van der Waals surface area (Å²) in [6.07, 6.45) is 7.79. The summed E-state index contributed by atoms with van der Waals surface area (Å²) in [6, 6.07) is 16.3. The molecule has 0 spiro atoms. The average molecular weight is 504 g/mol. The van der Waals surface area contributed by atoms with Crippen molar-refractivity contribution in [1.82, 2.24) is 15.3 Å². The number of hydrogen-bond donors (Lipinski definition) is 2. The van der Waals surface area contributed by atoms with Crippen LogP contribution >= 0.6 is 0 Å². The number of carbonyl (C=O) groups excluding carboxylic acids is 1. The lowest BCUT2D eigenvalue weighted by atomic mass is 9.88. The van der Waals surface area contributed by atoms with Crippen LogP contribution in [-0.4, -0.2) is 65.2 Å². The van der Waals surface area contributed by atoms with Gasteiger partial charge in [-0.1, -0.05) is 36.4 Å². The number of aromatic nitrogens is 2. The molecule has 5 rings (SSSR count). The monoisotopic (exact) mass is 503 g/mol. The summed E-state index contributed by atoms with van der Waals surface area (Å²) in [4.78, 5) is 21.0. The van der Waals surface area contributed by atoms with E-state index in [0.29, 0.717) is 6.42 Å². The fourth-order valence-corrected chi connectivity index (χ4v) is 5.21. The maximum atomic E-state index is 12.9. The number of carbonyl (C=O) groups is 1. The zero-order chi connectivity index (χ0) is 25.6. The van der Waals surface area contributed by atoms with E-state index in [1.165, 1.54) is 18.0 Å². The molecule has 2 N–H and O–H groups in total. The van der Waals surface area contributed by atoms with Gasteiger partial charge in [0.2, 0.25) is 0 Å². The third-order valence-corrected chi connectivity index (χ3v) is 7.23. The Morgan fingerprint density at radius 1 is 1.08 bits per heavy atom. The second-order valence-electron chi connectivity index (χ2n) is 9.64. The largest absolute Gasteiger partial charge is 0.497 e. The van der Waals surface area contributed by atoms with Crippen molar-refractivity contribution in [2.75, 3.05) is 13.7 Å². The van der Waals surface area contributed by atoms with E-state index >= 15 is 0 Å². The first-order chi connectivity index (χ1) is 18.1. The number of amides is 1. The van der Waals surface area contributed by atoms with Crippen LogP contribution in [0.3, 0.4) is 0 Å². The number of methoxy groups -OCH3 is 1. The van der Waals surface area contributed by atoms with E-state index in [-0.39, 0.29) is 48.7 Å². The molecular weight excluding hydrogens is 470 g/mol. The zero-order valence-electron chi connectivity index (χ0n) is 21.0. The van der Waals surface area contributed by atoms with Gasteiger partial charge in [0, 0.05) is 12.4 Å². The summed E-state index contributed by atoms with van der Waals surface area (Å²) in [7, 11) is 1.67. The van der Waals surface area contributed by atoms with Crippen molar-refractivity contribution in [3.63, 3.8) is 0 Å². The van der Waals surface area contributed by atoms with E-state index in [1.54, 1.807) is 13.3 Å². The molecule has 2 saturated heterocycles. The summed E-state index contributed by atoms with van der Waals surface area (Å²) in [5, 5.41) is 12.7. The summed E-state index contributed by atoms with van der Waals surface area (Å²) in [5.41, 5.74) is 3.72. The second kappa shape index (κ2) is 11.8. The molecular formula is C29H33N3O5. The van der Waals surface area contributed by atoms with E-state index in [9.17, 15) is 9.90 Å². The van der Waals surface area contributed by atoms with Gasteiger partial charge in [0.05, 0.1) is 50.4 Å². The lowest BCUT2D eigenvalue weighted by Gasteiger charge is -2.45.